The summed E-state index contributed by atoms with van der Waals surface area (Å²) < 4.78 is 0. The summed E-state index contributed by atoms with van der Waals surface area (Å²) in [5.41, 5.74) is 2.58. The molecule has 1 aromatic carbocycles. The van der Waals surface area contributed by atoms with E-state index in [2.05, 4.69) is 11.0 Å². The van der Waals surface area contributed by atoms with E-state index >= 15 is 0 Å². The summed E-state index contributed by atoms with van der Waals surface area (Å²) in [6.07, 6.45) is -0.493. The Morgan fingerprint density at radius 3 is 2.71 bits per heavy atom. The predicted octanol–water partition coefficient (Wildman–Crippen LogP) is 2.16. The van der Waals surface area contributed by atoms with Gasteiger partial charge in [-0.1, -0.05) is 6.07 Å². The molecule has 0 saturated carbocycles. The van der Waals surface area contributed by atoms with E-state index in [-0.39, 0.29) is 0 Å². The molecule has 0 bridgehead atoms. The SMILES string of the molecule is CC(O)c1ccc(C#N)cc1N1CCSCC1. The second-order valence-corrected chi connectivity index (χ2v) is 5.39. The predicted molar refractivity (Wildman–Crippen MR) is 71.3 cm³/mol. The van der Waals surface area contributed by atoms with Crippen molar-refractivity contribution in [1.29, 1.82) is 5.26 Å². The Bertz CT molecular complexity index is 434. The summed E-state index contributed by atoms with van der Waals surface area (Å²) in [5.74, 6) is 2.21. The van der Waals surface area contributed by atoms with Gasteiger partial charge < -0.3 is 10.0 Å². The third-order valence-electron chi connectivity index (χ3n) is 2.96. The summed E-state index contributed by atoms with van der Waals surface area (Å²) in [6, 6.07) is 7.68. The van der Waals surface area contributed by atoms with E-state index in [1.807, 2.05) is 23.9 Å². The first-order chi connectivity index (χ1) is 8.22. The van der Waals surface area contributed by atoms with Gasteiger partial charge in [-0.3, -0.25) is 0 Å². The van der Waals surface area contributed by atoms with E-state index in [1.165, 1.54) is 0 Å². The highest BCUT2D eigenvalue weighted by Gasteiger charge is 2.17. The lowest BCUT2D eigenvalue weighted by molar-refractivity contribution is 0.199. The van der Waals surface area contributed by atoms with Gasteiger partial charge in [0.25, 0.3) is 0 Å². The van der Waals surface area contributed by atoms with Crippen molar-refractivity contribution in [3.8, 4) is 6.07 Å². The average molecular weight is 248 g/mol. The summed E-state index contributed by atoms with van der Waals surface area (Å²) in [6.45, 7) is 3.74. The zero-order valence-corrected chi connectivity index (χ0v) is 10.7. The molecule has 1 atom stereocenters. The molecule has 90 valence electrons. The van der Waals surface area contributed by atoms with Gasteiger partial charge in [0.1, 0.15) is 0 Å². The third kappa shape index (κ3) is 2.74. The number of thioether (sulfide) groups is 1. The van der Waals surface area contributed by atoms with Crippen molar-refractivity contribution in [2.24, 2.45) is 0 Å². The van der Waals surface area contributed by atoms with E-state index in [9.17, 15) is 5.11 Å². The standard InChI is InChI=1S/C13H16N2OS/c1-10(16)12-3-2-11(9-14)8-13(12)15-4-6-17-7-5-15/h2-3,8,10,16H,4-7H2,1H3. The third-order valence-corrected chi connectivity index (χ3v) is 3.90. The molecule has 0 amide bonds. The number of rotatable bonds is 2. The van der Waals surface area contributed by atoms with Crippen molar-refractivity contribution < 1.29 is 5.11 Å². The average Bonchev–Trinajstić information content (AvgIpc) is 2.39. The van der Waals surface area contributed by atoms with Gasteiger partial charge in [-0.05, 0) is 19.1 Å². The van der Waals surface area contributed by atoms with Crippen LogP contribution in [0.3, 0.4) is 0 Å². The van der Waals surface area contributed by atoms with Gasteiger partial charge in [0, 0.05) is 35.8 Å². The number of aliphatic hydroxyl groups is 1. The fourth-order valence-electron chi connectivity index (χ4n) is 2.04. The molecule has 1 N–H and O–H groups in total. The molecule has 0 aromatic heterocycles. The Hall–Kier alpha value is -1.18. The Morgan fingerprint density at radius 2 is 2.12 bits per heavy atom. The molecular weight excluding hydrogens is 232 g/mol. The van der Waals surface area contributed by atoms with Crippen LogP contribution >= 0.6 is 11.8 Å². The van der Waals surface area contributed by atoms with Crippen LogP contribution in [0.5, 0.6) is 0 Å². The Kier molecular flexibility index (Phi) is 3.93. The van der Waals surface area contributed by atoms with E-state index in [1.54, 1.807) is 13.0 Å². The van der Waals surface area contributed by atoms with Crippen LogP contribution in [0, 0.1) is 11.3 Å². The van der Waals surface area contributed by atoms with E-state index in [0.717, 1.165) is 35.8 Å². The zero-order valence-electron chi connectivity index (χ0n) is 9.89. The maximum atomic E-state index is 9.78. The fraction of sp³-hybridized carbons (Fsp3) is 0.462. The number of anilines is 1. The molecule has 3 nitrogen and oxygen atoms in total. The van der Waals surface area contributed by atoms with E-state index in [0.29, 0.717) is 5.56 Å². The number of hydrogen-bond acceptors (Lipinski definition) is 4. The van der Waals surface area contributed by atoms with Gasteiger partial charge in [0.15, 0.2) is 0 Å². The van der Waals surface area contributed by atoms with Gasteiger partial charge in [-0.25, -0.2) is 0 Å². The summed E-state index contributed by atoms with van der Waals surface area (Å²) in [4.78, 5) is 2.26. The van der Waals surface area contributed by atoms with Crippen LogP contribution in [0.25, 0.3) is 0 Å². The highest BCUT2D eigenvalue weighted by Crippen LogP contribution is 2.29. The lowest BCUT2D eigenvalue weighted by atomic mass is 10.0. The molecule has 1 heterocycles. The normalized spacial score (nSPS) is 17.6. The molecule has 1 aliphatic heterocycles. The topological polar surface area (TPSA) is 47.3 Å². The lowest BCUT2D eigenvalue weighted by Crippen LogP contribution is -2.33. The number of nitrogens with zero attached hydrogens (tertiary/aromatic N) is 2. The minimum absolute atomic E-state index is 0.493. The van der Waals surface area contributed by atoms with Gasteiger partial charge in [-0.15, -0.1) is 0 Å². The largest absolute Gasteiger partial charge is 0.389 e. The molecule has 1 aliphatic rings. The smallest absolute Gasteiger partial charge is 0.0992 e. The van der Waals surface area contributed by atoms with Crippen molar-refractivity contribution in [2.75, 3.05) is 29.5 Å². The van der Waals surface area contributed by atoms with Crippen LogP contribution in [0.4, 0.5) is 5.69 Å². The molecule has 2 rings (SSSR count). The lowest BCUT2D eigenvalue weighted by Gasteiger charge is -2.31. The van der Waals surface area contributed by atoms with Crippen molar-refractivity contribution in [1.82, 2.24) is 0 Å². The van der Waals surface area contributed by atoms with Crippen LogP contribution in [0.2, 0.25) is 0 Å². The Balaban J connectivity index is 2.37. The molecule has 4 heteroatoms. The van der Waals surface area contributed by atoms with Crippen molar-refractivity contribution >= 4 is 17.4 Å². The first-order valence-corrected chi connectivity index (χ1v) is 6.92. The maximum Gasteiger partial charge on any atom is 0.0992 e. The molecule has 1 fully saturated rings. The quantitative estimate of drug-likeness (QED) is 0.871. The first-order valence-electron chi connectivity index (χ1n) is 5.77. The van der Waals surface area contributed by atoms with Gasteiger partial charge in [-0.2, -0.15) is 17.0 Å². The number of hydrogen-bond donors (Lipinski definition) is 1. The minimum Gasteiger partial charge on any atom is -0.389 e. The second kappa shape index (κ2) is 5.44. The fourth-order valence-corrected chi connectivity index (χ4v) is 2.95. The summed E-state index contributed by atoms with van der Waals surface area (Å²) >= 11 is 1.95. The molecule has 1 saturated heterocycles. The van der Waals surface area contributed by atoms with Gasteiger partial charge >= 0.3 is 0 Å². The molecule has 0 aliphatic carbocycles. The second-order valence-electron chi connectivity index (χ2n) is 4.16. The Morgan fingerprint density at radius 1 is 1.41 bits per heavy atom. The molecule has 1 unspecified atom stereocenters. The van der Waals surface area contributed by atoms with Gasteiger partial charge in [0.05, 0.1) is 17.7 Å². The van der Waals surface area contributed by atoms with E-state index in [4.69, 9.17) is 5.26 Å². The maximum absolute atomic E-state index is 9.78. The number of benzene rings is 1. The summed E-state index contributed by atoms with van der Waals surface area (Å²) in [7, 11) is 0. The molecule has 0 radical (unpaired) electrons. The van der Waals surface area contributed by atoms with E-state index < -0.39 is 6.10 Å². The van der Waals surface area contributed by atoms with Gasteiger partial charge in [0.2, 0.25) is 0 Å². The monoisotopic (exact) mass is 248 g/mol. The minimum atomic E-state index is -0.493. The van der Waals surface area contributed by atoms with Crippen LogP contribution in [-0.4, -0.2) is 29.7 Å². The van der Waals surface area contributed by atoms with Crippen molar-refractivity contribution in [3.05, 3.63) is 29.3 Å². The molecule has 0 spiro atoms. The highest BCUT2D eigenvalue weighted by atomic mass is 32.2. The van der Waals surface area contributed by atoms with Crippen molar-refractivity contribution in [3.63, 3.8) is 0 Å². The van der Waals surface area contributed by atoms with Crippen LogP contribution in [0.1, 0.15) is 24.2 Å². The Labute approximate surface area is 106 Å². The molecule has 1 aromatic rings. The molecular formula is C13H16N2OS. The van der Waals surface area contributed by atoms with Crippen LogP contribution < -0.4 is 4.90 Å². The van der Waals surface area contributed by atoms with Crippen LogP contribution in [0.15, 0.2) is 18.2 Å². The van der Waals surface area contributed by atoms with Crippen molar-refractivity contribution in [2.45, 2.75) is 13.0 Å². The zero-order chi connectivity index (χ0) is 12.3. The number of nitriles is 1. The molecule has 17 heavy (non-hydrogen) atoms. The number of aliphatic hydroxyl groups excluding tert-OH is 1. The first kappa shape index (κ1) is 12.3. The highest BCUT2D eigenvalue weighted by molar-refractivity contribution is 7.99. The van der Waals surface area contributed by atoms with Crippen LogP contribution in [-0.2, 0) is 0 Å². The summed E-state index contributed by atoms with van der Waals surface area (Å²) in [5, 5.41) is 18.7.